The molecule has 0 aliphatic heterocycles. The molecule has 0 saturated heterocycles. The van der Waals surface area contributed by atoms with E-state index in [9.17, 15) is 0 Å². The Hall–Kier alpha value is -0.540. The zero-order valence-electron chi connectivity index (χ0n) is 11.0. The van der Waals surface area contributed by atoms with E-state index in [1.807, 2.05) is 7.05 Å². The van der Waals surface area contributed by atoms with E-state index in [0.29, 0.717) is 0 Å². The van der Waals surface area contributed by atoms with Crippen molar-refractivity contribution in [3.8, 4) is 0 Å². The third kappa shape index (κ3) is 2.89. The summed E-state index contributed by atoms with van der Waals surface area (Å²) >= 11 is 3.75. The average molecular weight is 309 g/mol. The summed E-state index contributed by atoms with van der Waals surface area (Å²) in [6.45, 7) is 2.19. The molecule has 0 unspecified atom stereocenters. The maximum absolute atomic E-state index is 3.75. The predicted octanol–water partition coefficient (Wildman–Crippen LogP) is 3.55. The van der Waals surface area contributed by atoms with Crippen LogP contribution in [0.1, 0.15) is 31.2 Å². The van der Waals surface area contributed by atoms with Gasteiger partial charge in [0.1, 0.15) is 0 Å². The van der Waals surface area contributed by atoms with Gasteiger partial charge in [0.05, 0.1) is 5.69 Å². The largest absolute Gasteiger partial charge is 0.367 e. The molecule has 0 atom stereocenters. The molecular formula is C15H21BrN2. The van der Waals surface area contributed by atoms with Crippen molar-refractivity contribution in [2.24, 2.45) is 5.92 Å². The predicted molar refractivity (Wildman–Crippen MR) is 80.0 cm³/mol. The van der Waals surface area contributed by atoms with Gasteiger partial charge in [-0.05, 0) is 72.3 Å². The Labute approximate surface area is 118 Å². The quantitative estimate of drug-likeness (QED) is 0.864. The van der Waals surface area contributed by atoms with Crippen molar-refractivity contribution in [3.05, 3.63) is 28.2 Å². The molecule has 2 aliphatic carbocycles. The van der Waals surface area contributed by atoms with Gasteiger partial charge in [0.25, 0.3) is 0 Å². The zero-order chi connectivity index (χ0) is 12.5. The maximum Gasteiger partial charge on any atom is 0.0513 e. The topological polar surface area (TPSA) is 15.3 Å². The van der Waals surface area contributed by atoms with E-state index in [1.54, 1.807) is 0 Å². The summed E-state index contributed by atoms with van der Waals surface area (Å²) in [6.07, 6.45) is 5.60. The van der Waals surface area contributed by atoms with Crippen LogP contribution >= 0.6 is 15.9 Å². The highest BCUT2D eigenvalue weighted by molar-refractivity contribution is 9.10. The summed E-state index contributed by atoms with van der Waals surface area (Å²) in [4.78, 5) is 2.63. The van der Waals surface area contributed by atoms with E-state index in [-0.39, 0.29) is 0 Å². The Morgan fingerprint density at radius 1 is 1.28 bits per heavy atom. The molecule has 0 radical (unpaired) electrons. The van der Waals surface area contributed by atoms with Crippen molar-refractivity contribution in [2.45, 2.75) is 38.3 Å². The number of halogens is 1. The van der Waals surface area contributed by atoms with E-state index in [1.165, 1.54) is 48.0 Å². The van der Waals surface area contributed by atoms with E-state index in [4.69, 9.17) is 0 Å². The third-order valence-electron chi connectivity index (χ3n) is 3.84. The van der Waals surface area contributed by atoms with Crippen LogP contribution in [0.5, 0.6) is 0 Å². The van der Waals surface area contributed by atoms with Crippen LogP contribution in [0.3, 0.4) is 0 Å². The van der Waals surface area contributed by atoms with Gasteiger partial charge in [-0.15, -0.1) is 0 Å². The van der Waals surface area contributed by atoms with Crippen LogP contribution in [0.4, 0.5) is 5.69 Å². The summed E-state index contributed by atoms with van der Waals surface area (Å²) in [5.41, 5.74) is 2.74. The van der Waals surface area contributed by atoms with Gasteiger partial charge in [-0.25, -0.2) is 0 Å². The fourth-order valence-corrected chi connectivity index (χ4v) is 3.16. The molecule has 2 saturated carbocycles. The second-order valence-corrected chi connectivity index (χ2v) is 6.50. The molecule has 0 spiro atoms. The number of hydrogen-bond acceptors (Lipinski definition) is 2. The molecule has 98 valence electrons. The molecule has 0 amide bonds. The number of rotatable bonds is 6. The second-order valence-electron chi connectivity index (χ2n) is 5.64. The molecule has 2 fully saturated rings. The van der Waals surface area contributed by atoms with Gasteiger partial charge in [0, 0.05) is 23.6 Å². The number of nitrogens with one attached hydrogen (secondary N) is 1. The minimum Gasteiger partial charge on any atom is -0.367 e. The molecule has 0 heterocycles. The van der Waals surface area contributed by atoms with Crippen LogP contribution in [-0.4, -0.2) is 19.6 Å². The maximum atomic E-state index is 3.75. The fourth-order valence-electron chi connectivity index (χ4n) is 2.51. The summed E-state index contributed by atoms with van der Waals surface area (Å²) in [5, 5.41) is 3.20. The van der Waals surface area contributed by atoms with Crippen molar-refractivity contribution in [3.63, 3.8) is 0 Å². The molecule has 2 nitrogen and oxygen atoms in total. The van der Waals surface area contributed by atoms with Crippen molar-refractivity contribution >= 4 is 21.6 Å². The van der Waals surface area contributed by atoms with Crippen LogP contribution < -0.4 is 10.2 Å². The van der Waals surface area contributed by atoms with Crippen molar-refractivity contribution in [1.82, 2.24) is 5.32 Å². The number of nitrogens with zero attached hydrogens (tertiary/aromatic N) is 1. The lowest BCUT2D eigenvalue weighted by Gasteiger charge is -2.26. The van der Waals surface area contributed by atoms with Gasteiger partial charge >= 0.3 is 0 Å². The van der Waals surface area contributed by atoms with Gasteiger partial charge < -0.3 is 10.2 Å². The van der Waals surface area contributed by atoms with Crippen LogP contribution in [0.15, 0.2) is 22.7 Å². The zero-order valence-corrected chi connectivity index (χ0v) is 12.5. The first-order valence-electron chi connectivity index (χ1n) is 6.97. The van der Waals surface area contributed by atoms with Gasteiger partial charge in [-0.1, -0.05) is 6.07 Å². The standard InChI is InChI=1S/C15H21BrN2/c1-17-9-12-4-7-15(14(16)8-12)18(13-5-6-13)10-11-2-3-11/h4,7-8,11,13,17H,2-3,5-6,9-10H2,1H3. The summed E-state index contributed by atoms with van der Waals surface area (Å²) in [6, 6.07) is 7.60. The molecular weight excluding hydrogens is 288 g/mol. The molecule has 1 aromatic carbocycles. The molecule has 2 aliphatic rings. The van der Waals surface area contributed by atoms with Crippen molar-refractivity contribution < 1.29 is 0 Å². The summed E-state index contributed by atoms with van der Waals surface area (Å²) in [7, 11) is 1.99. The number of hydrogen-bond donors (Lipinski definition) is 1. The Balaban J connectivity index is 1.79. The highest BCUT2D eigenvalue weighted by Crippen LogP contribution is 2.40. The second kappa shape index (κ2) is 5.22. The lowest BCUT2D eigenvalue weighted by atomic mass is 10.2. The van der Waals surface area contributed by atoms with E-state index >= 15 is 0 Å². The highest BCUT2D eigenvalue weighted by Gasteiger charge is 2.34. The third-order valence-corrected chi connectivity index (χ3v) is 4.48. The van der Waals surface area contributed by atoms with Crippen molar-refractivity contribution in [2.75, 3.05) is 18.5 Å². The van der Waals surface area contributed by atoms with Gasteiger partial charge in [0.2, 0.25) is 0 Å². The fraction of sp³-hybridized carbons (Fsp3) is 0.600. The Bertz CT molecular complexity index is 425. The van der Waals surface area contributed by atoms with E-state index in [0.717, 1.165) is 18.5 Å². The summed E-state index contributed by atoms with van der Waals surface area (Å²) < 4.78 is 1.25. The minimum atomic E-state index is 0.803. The molecule has 1 N–H and O–H groups in total. The smallest absolute Gasteiger partial charge is 0.0513 e. The summed E-state index contributed by atoms with van der Waals surface area (Å²) in [5.74, 6) is 0.953. The molecule has 3 heteroatoms. The van der Waals surface area contributed by atoms with Gasteiger partial charge in [-0.3, -0.25) is 0 Å². The Kier molecular flexibility index (Phi) is 3.62. The molecule has 0 aromatic heterocycles. The number of benzene rings is 1. The average Bonchev–Trinajstić information content (AvgIpc) is 3.21. The van der Waals surface area contributed by atoms with Gasteiger partial charge in [-0.2, -0.15) is 0 Å². The van der Waals surface area contributed by atoms with Crippen LogP contribution in [-0.2, 0) is 6.54 Å². The monoisotopic (exact) mass is 308 g/mol. The SMILES string of the molecule is CNCc1ccc(N(CC2CC2)C2CC2)c(Br)c1. The molecule has 3 rings (SSSR count). The lowest BCUT2D eigenvalue weighted by Crippen LogP contribution is -2.28. The van der Waals surface area contributed by atoms with E-state index in [2.05, 4.69) is 44.3 Å². The first-order chi connectivity index (χ1) is 8.78. The molecule has 18 heavy (non-hydrogen) atoms. The number of anilines is 1. The van der Waals surface area contributed by atoms with E-state index < -0.39 is 0 Å². The van der Waals surface area contributed by atoms with Crippen molar-refractivity contribution in [1.29, 1.82) is 0 Å². The van der Waals surface area contributed by atoms with Crippen LogP contribution in [0.25, 0.3) is 0 Å². The Morgan fingerprint density at radius 2 is 2.06 bits per heavy atom. The molecule has 1 aromatic rings. The lowest BCUT2D eigenvalue weighted by molar-refractivity contribution is 0.717. The Morgan fingerprint density at radius 3 is 2.61 bits per heavy atom. The van der Waals surface area contributed by atoms with Crippen LogP contribution in [0.2, 0.25) is 0 Å². The van der Waals surface area contributed by atoms with Gasteiger partial charge in [0.15, 0.2) is 0 Å². The highest BCUT2D eigenvalue weighted by atomic mass is 79.9. The normalized spacial score (nSPS) is 19.0. The van der Waals surface area contributed by atoms with Crippen LogP contribution in [0, 0.1) is 5.92 Å². The molecule has 0 bridgehead atoms. The minimum absolute atomic E-state index is 0.803. The first kappa shape index (κ1) is 12.5. The first-order valence-corrected chi connectivity index (χ1v) is 7.77.